The van der Waals surface area contributed by atoms with Gasteiger partial charge in [0.15, 0.2) is 21.7 Å². The first-order chi connectivity index (χ1) is 36.5. The van der Waals surface area contributed by atoms with Gasteiger partial charge in [0.25, 0.3) is 0 Å². The molecule has 2 fully saturated rings. The summed E-state index contributed by atoms with van der Waals surface area (Å²) >= 11 is 12.5. The maximum absolute atomic E-state index is 14.7. The Morgan fingerprint density at radius 2 is 1.16 bits per heavy atom. The SMILES string of the molecule is CCOC(=O)C1=C(CN2CC(F)CC(COCC(=O)O)C2)NC(c2nccs2)=NC1c1ccc(F)cc1Br.CCOC(=O)C1=C(CN2CC(F)CC(COCC(=O)O)C2)NC(c2nccs2)=NC1c1ccc(F)cc1Cl. The lowest BCUT2D eigenvalue weighted by atomic mass is 9.93. The van der Waals surface area contributed by atoms with Crippen molar-refractivity contribution >= 4 is 85.8 Å². The molecule has 0 bridgehead atoms. The van der Waals surface area contributed by atoms with Crippen molar-refractivity contribution in [3.63, 3.8) is 0 Å². The number of amidine groups is 2. The Kier molecular flexibility index (Phi) is 21.1. The summed E-state index contributed by atoms with van der Waals surface area (Å²) in [7, 11) is 0. The van der Waals surface area contributed by atoms with Crippen molar-refractivity contribution in [3.05, 3.63) is 124 Å². The highest BCUT2D eigenvalue weighted by Gasteiger charge is 2.38. The van der Waals surface area contributed by atoms with Crippen LogP contribution in [0.25, 0.3) is 0 Å². The molecule has 26 heteroatoms. The third-order valence-electron chi connectivity index (χ3n) is 12.1. The van der Waals surface area contributed by atoms with E-state index in [9.17, 15) is 36.7 Å². The summed E-state index contributed by atoms with van der Waals surface area (Å²) in [5.41, 5.74) is 2.30. The summed E-state index contributed by atoms with van der Waals surface area (Å²) < 4.78 is 78.8. The number of nitrogens with zero attached hydrogens (tertiary/aromatic N) is 6. The molecule has 2 saturated heterocycles. The van der Waals surface area contributed by atoms with Crippen LogP contribution >= 0.6 is 50.2 Å². The number of esters is 2. The van der Waals surface area contributed by atoms with E-state index >= 15 is 0 Å². The summed E-state index contributed by atoms with van der Waals surface area (Å²) in [6.07, 6.45) is 1.45. The lowest BCUT2D eigenvalue weighted by Gasteiger charge is -2.36. The number of hydrogen-bond acceptors (Lipinski definition) is 18. The van der Waals surface area contributed by atoms with Crippen LogP contribution in [0.2, 0.25) is 5.02 Å². The highest BCUT2D eigenvalue weighted by molar-refractivity contribution is 9.10. The van der Waals surface area contributed by atoms with Gasteiger partial charge in [0.1, 0.15) is 49.3 Å². The Morgan fingerprint density at radius 1 is 0.711 bits per heavy atom. The zero-order chi connectivity index (χ0) is 54.5. The molecule has 0 amide bonds. The van der Waals surface area contributed by atoms with Crippen molar-refractivity contribution in [2.24, 2.45) is 21.8 Å². The standard InChI is InChI=1S/C25H27BrF2N4O5S.C25H27ClF2N4O5S/c2*1-2-37-25(35)21-19(11-32-9-14(7-16(28)10-32)12-36-13-20(33)34)30-23(24-29-5-6-38-24)31-22(21)17-4-3-15(27)8-18(17)26/h2*3-6,8,14,16,22H,2,7,9-13H2,1H3,(H,30,31)(H,33,34). The Labute approximate surface area is 456 Å². The first-order valence-corrected chi connectivity index (χ1v) is 26.9. The Morgan fingerprint density at radius 3 is 1.57 bits per heavy atom. The number of nitrogens with one attached hydrogen (secondary N) is 2. The predicted molar refractivity (Wildman–Crippen MR) is 278 cm³/mol. The average Bonchev–Trinajstić information content (AvgIpc) is 4.12. The summed E-state index contributed by atoms with van der Waals surface area (Å²) in [6.45, 7) is 4.34. The van der Waals surface area contributed by atoms with Gasteiger partial charge in [0, 0.05) is 88.9 Å². The molecule has 4 aromatic rings. The van der Waals surface area contributed by atoms with Crippen molar-refractivity contribution in [1.82, 2.24) is 30.4 Å². The molecule has 76 heavy (non-hydrogen) atoms. The van der Waals surface area contributed by atoms with Gasteiger partial charge in [-0.25, -0.2) is 46.7 Å². The van der Waals surface area contributed by atoms with Gasteiger partial charge >= 0.3 is 23.9 Å². The molecule has 6 heterocycles. The predicted octanol–water partition coefficient (Wildman–Crippen LogP) is 7.32. The van der Waals surface area contributed by atoms with E-state index in [4.69, 9.17) is 50.7 Å². The molecule has 0 radical (unpaired) electrons. The van der Waals surface area contributed by atoms with Gasteiger partial charge < -0.3 is 39.8 Å². The van der Waals surface area contributed by atoms with Gasteiger partial charge in [-0.05, 0) is 68.4 Å². The maximum atomic E-state index is 14.7. The van der Waals surface area contributed by atoms with Crippen molar-refractivity contribution in [2.75, 3.05) is 78.9 Å². The number of piperidine rings is 2. The number of likely N-dealkylation sites (tertiary alicyclic amines) is 2. The molecule has 4 N–H and O–H groups in total. The summed E-state index contributed by atoms with van der Waals surface area (Å²) in [6, 6.07) is 6.27. The van der Waals surface area contributed by atoms with E-state index in [1.54, 1.807) is 43.1 Å². The quantitative estimate of drug-likeness (QED) is 0.0502. The monoisotopic (exact) mass is 1180 g/mol. The fraction of sp³-hybridized carbons (Fsp3) is 0.440. The summed E-state index contributed by atoms with van der Waals surface area (Å²) in [5.74, 6) is -4.00. The van der Waals surface area contributed by atoms with Crippen LogP contribution in [-0.4, -0.2) is 157 Å². The molecule has 6 atom stereocenters. The summed E-state index contributed by atoms with van der Waals surface area (Å²) in [4.78, 5) is 70.0. The van der Waals surface area contributed by atoms with Crippen molar-refractivity contribution in [2.45, 2.75) is 51.1 Å². The van der Waals surface area contributed by atoms with Crippen LogP contribution in [0.15, 0.2) is 96.5 Å². The molecule has 6 unspecified atom stereocenters. The second kappa shape index (κ2) is 27.6. The molecule has 0 saturated carbocycles. The number of aliphatic imine (C=N–C) groups is 2. The van der Waals surface area contributed by atoms with Crippen LogP contribution in [-0.2, 0) is 38.1 Å². The highest BCUT2D eigenvalue weighted by Crippen LogP contribution is 2.39. The van der Waals surface area contributed by atoms with Gasteiger partial charge in [-0.1, -0.05) is 39.7 Å². The van der Waals surface area contributed by atoms with Crippen LogP contribution in [0.1, 0.15) is 59.9 Å². The largest absolute Gasteiger partial charge is 0.480 e. The molecule has 0 aliphatic carbocycles. The minimum Gasteiger partial charge on any atom is -0.480 e. The molecular weight excluding hydrogens is 1130 g/mol. The third-order valence-corrected chi connectivity index (χ3v) is 14.6. The molecule has 0 spiro atoms. The van der Waals surface area contributed by atoms with E-state index in [2.05, 4.69) is 36.5 Å². The zero-order valence-electron chi connectivity index (χ0n) is 41.1. The zero-order valence-corrected chi connectivity index (χ0v) is 45.0. The van der Waals surface area contributed by atoms with Crippen LogP contribution in [0.5, 0.6) is 0 Å². The normalized spacial score (nSPS) is 22.1. The highest BCUT2D eigenvalue weighted by atomic mass is 79.9. The van der Waals surface area contributed by atoms with Crippen LogP contribution in [0, 0.1) is 23.5 Å². The minimum atomic E-state index is -1.16. The van der Waals surface area contributed by atoms with Crippen LogP contribution in [0.4, 0.5) is 17.6 Å². The van der Waals surface area contributed by atoms with Crippen molar-refractivity contribution in [1.29, 1.82) is 0 Å². The Balaban J connectivity index is 0.000000221. The maximum Gasteiger partial charge on any atom is 0.338 e. The van der Waals surface area contributed by atoms with E-state index in [0.717, 1.165) is 6.07 Å². The molecule has 2 aromatic heterocycles. The number of halogens is 6. The van der Waals surface area contributed by atoms with Gasteiger partial charge in [0.05, 0.1) is 37.6 Å². The first kappa shape index (κ1) is 58.0. The number of carboxylic acid groups (broad SMARTS) is 2. The fourth-order valence-corrected chi connectivity index (χ4v) is 11.2. The van der Waals surface area contributed by atoms with E-state index in [1.165, 1.54) is 46.9 Å². The van der Waals surface area contributed by atoms with Gasteiger partial charge in [-0.3, -0.25) is 19.8 Å². The molecule has 2 aromatic carbocycles. The number of aliphatic carboxylic acids is 2. The number of carbonyl (C=O) groups is 4. The van der Waals surface area contributed by atoms with E-state index < -0.39 is 73.2 Å². The lowest BCUT2D eigenvalue weighted by molar-refractivity contribution is -0.143. The molecule has 18 nitrogen and oxygen atoms in total. The van der Waals surface area contributed by atoms with E-state index in [1.807, 2.05) is 9.80 Å². The van der Waals surface area contributed by atoms with Gasteiger partial charge in [-0.2, -0.15) is 0 Å². The Hall–Kier alpha value is -5.67. The number of carboxylic acids is 2. The number of aromatic nitrogens is 2. The molecule has 408 valence electrons. The molecular formula is C50H54BrClF4N8O10S2. The molecule has 4 aliphatic rings. The second-order valence-electron chi connectivity index (χ2n) is 17.8. The lowest BCUT2D eigenvalue weighted by Crippen LogP contribution is -2.47. The first-order valence-electron chi connectivity index (χ1n) is 24.0. The molecule has 8 rings (SSSR count). The Bertz CT molecular complexity index is 2640. The van der Waals surface area contributed by atoms with Gasteiger partial charge in [-0.15, -0.1) is 22.7 Å². The number of rotatable bonds is 20. The van der Waals surface area contributed by atoms with E-state index in [-0.39, 0.29) is 93.5 Å². The number of thiazole rings is 2. The van der Waals surface area contributed by atoms with E-state index in [0.29, 0.717) is 61.8 Å². The number of benzene rings is 2. The number of hydrogen-bond donors (Lipinski definition) is 4. The molecule has 4 aliphatic heterocycles. The van der Waals surface area contributed by atoms with Crippen LogP contribution < -0.4 is 10.6 Å². The number of alkyl halides is 2. The van der Waals surface area contributed by atoms with Crippen LogP contribution in [0.3, 0.4) is 0 Å². The van der Waals surface area contributed by atoms with Crippen molar-refractivity contribution < 1.29 is 65.9 Å². The number of ether oxygens (including phenoxy) is 4. The second-order valence-corrected chi connectivity index (χ2v) is 20.9. The third kappa shape index (κ3) is 15.7. The topological polar surface area (TPSA) is 227 Å². The minimum absolute atomic E-state index is 0.0951. The smallest absolute Gasteiger partial charge is 0.338 e. The fourth-order valence-electron chi connectivity index (χ4n) is 9.17. The average molecular weight is 1180 g/mol. The van der Waals surface area contributed by atoms with Crippen molar-refractivity contribution in [3.8, 4) is 0 Å². The van der Waals surface area contributed by atoms with Gasteiger partial charge in [0.2, 0.25) is 0 Å². The number of carbonyl (C=O) groups excluding carboxylic acids is 2. The summed E-state index contributed by atoms with van der Waals surface area (Å²) in [5, 5.41) is 28.9.